The molecule has 0 aromatic heterocycles. The molecule has 62 valence electrons. The lowest BCUT2D eigenvalue weighted by Gasteiger charge is -2.08. The van der Waals surface area contributed by atoms with Crippen LogP contribution in [0.15, 0.2) is 23.8 Å². The summed E-state index contributed by atoms with van der Waals surface area (Å²) in [6, 6.07) is 0. The molecular formula is C10H10O2. The van der Waals surface area contributed by atoms with Crippen molar-refractivity contribution >= 4 is 5.97 Å². The third-order valence-corrected chi connectivity index (χ3v) is 1.69. The van der Waals surface area contributed by atoms with Gasteiger partial charge in [0.15, 0.2) is 0 Å². The van der Waals surface area contributed by atoms with Crippen molar-refractivity contribution in [2.45, 2.75) is 13.3 Å². The van der Waals surface area contributed by atoms with E-state index in [1.807, 2.05) is 6.08 Å². The second-order valence-corrected chi connectivity index (χ2v) is 2.57. The number of rotatable bonds is 1. The van der Waals surface area contributed by atoms with E-state index >= 15 is 0 Å². The average molecular weight is 162 g/mol. The van der Waals surface area contributed by atoms with Gasteiger partial charge in [0.05, 0.1) is 5.92 Å². The van der Waals surface area contributed by atoms with Crippen molar-refractivity contribution in [1.29, 1.82) is 0 Å². The van der Waals surface area contributed by atoms with Crippen LogP contribution in [0.2, 0.25) is 0 Å². The minimum atomic E-state index is -0.772. The van der Waals surface area contributed by atoms with Gasteiger partial charge in [0, 0.05) is 5.57 Å². The van der Waals surface area contributed by atoms with Crippen LogP contribution in [0.4, 0.5) is 0 Å². The first-order valence-corrected chi connectivity index (χ1v) is 3.78. The lowest BCUT2D eigenvalue weighted by molar-refractivity contribution is -0.139. The molecular weight excluding hydrogens is 152 g/mol. The third-order valence-electron chi connectivity index (χ3n) is 1.69. The molecule has 1 atom stereocenters. The standard InChI is InChI=1S/C10H10O2/c1-2-3-8-4-6-9(7-5-8)10(11)12/h4-6,9H,7H2,1H3,(H,11,12). The van der Waals surface area contributed by atoms with E-state index in [4.69, 9.17) is 5.11 Å². The molecule has 0 bridgehead atoms. The highest BCUT2D eigenvalue weighted by Gasteiger charge is 2.14. The summed E-state index contributed by atoms with van der Waals surface area (Å²) >= 11 is 0. The van der Waals surface area contributed by atoms with E-state index < -0.39 is 5.97 Å². The Bertz CT molecular complexity index is 300. The maximum absolute atomic E-state index is 10.5. The zero-order chi connectivity index (χ0) is 8.97. The molecule has 0 saturated heterocycles. The Labute approximate surface area is 71.6 Å². The number of aliphatic carboxylic acids is 1. The molecule has 1 rings (SSSR count). The molecule has 1 aliphatic rings. The van der Waals surface area contributed by atoms with E-state index in [0.717, 1.165) is 5.57 Å². The van der Waals surface area contributed by atoms with Gasteiger partial charge in [-0.2, -0.15) is 0 Å². The molecule has 0 amide bonds. The van der Waals surface area contributed by atoms with E-state index in [-0.39, 0.29) is 5.92 Å². The molecule has 1 N–H and O–H groups in total. The van der Waals surface area contributed by atoms with Gasteiger partial charge in [-0.05, 0) is 19.4 Å². The summed E-state index contributed by atoms with van der Waals surface area (Å²) < 4.78 is 0. The fourth-order valence-electron chi connectivity index (χ4n) is 1.04. The van der Waals surface area contributed by atoms with Crippen LogP contribution in [0.1, 0.15) is 13.3 Å². The Morgan fingerprint density at radius 2 is 2.50 bits per heavy atom. The van der Waals surface area contributed by atoms with Crippen molar-refractivity contribution in [2.24, 2.45) is 5.92 Å². The van der Waals surface area contributed by atoms with Gasteiger partial charge in [-0.25, -0.2) is 0 Å². The highest BCUT2D eigenvalue weighted by atomic mass is 16.4. The molecule has 0 aromatic rings. The molecule has 2 heteroatoms. The van der Waals surface area contributed by atoms with Gasteiger partial charge in [0.1, 0.15) is 0 Å². The van der Waals surface area contributed by atoms with Gasteiger partial charge in [0.25, 0.3) is 0 Å². The summed E-state index contributed by atoms with van der Waals surface area (Å²) in [5.41, 5.74) is 0.912. The van der Waals surface area contributed by atoms with Gasteiger partial charge >= 0.3 is 5.97 Å². The molecule has 1 aliphatic carbocycles. The molecule has 0 saturated carbocycles. The summed E-state index contributed by atoms with van der Waals surface area (Å²) in [4.78, 5) is 10.5. The van der Waals surface area contributed by atoms with Crippen LogP contribution in [0.25, 0.3) is 0 Å². The van der Waals surface area contributed by atoms with E-state index in [0.29, 0.717) is 6.42 Å². The topological polar surface area (TPSA) is 37.3 Å². The maximum Gasteiger partial charge on any atom is 0.310 e. The molecule has 2 nitrogen and oxygen atoms in total. The summed E-state index contributed by atoms with van der Waals surface area (Å²) in [5, 5.41) is 8.64. The SMILES string of the molecule is CC#CC1=CCC(C(=O)O)C=C1. The summed E-state index contributed by atoms with van der Waals surface area (Å²) in [5.74, 6) is 4.50. The Hall–Kier alpha value is -1.49. The van der Waals surface area contributed by atoms with Crippen molar-refractivity contribution in [3.05, 3.63) is 23.8 Å². The Balaban J connectivity index is 2.65. The molecule has 0 radical (unpaired) electrons. The van der Waals surface area contributed by atoms with Crippen LogP contribution in [0.5, 0.6) is 0 Å². The molecule has 0 spiro atoms. The normalized spacial score (nSPS) is 20.8. The van der Waals surface area contributed by atoms with Crippen molar-refractivity contribution in [3.63, 3.8) is 0 Å². The second kappa shape index (κ2) is 3.77. The van der Waals surface area contributed by atoms with Crippen LogP contribution in [-0.4, -0.2) is 11.1 Å². The quantitative estimate of drug-likeness (QED) is 0.594. The van der Waals surface area contributed by atoms with Gasteiger partial charge < -0.3 is 5.11 Å². The third kappa shape index (κ3) is 2.00. The number of carboxylic acid groups (broad SMARTS) is 1. The first kappa shape index (κ1) is 8.61. The van der Waals surface area contributed by atoms with Crippen molar-refractivity contribution in [3.8, 4) is 11.8 Å². The lowest BCUT2D eigenvalue weighted by atomic mass is 9.97. The number of allylic oxidation sites excluding steroid dienone is 3. The van der Waals surface area contributed by atoms with E-state index in [9.17, 15) is 4.79 Å². The molecule has 12 heavy (non-hydrogen) atoms. The smallest absolute Gasteiger partial charge is 0.310 e. The van der Waals surface area contributed by atoms with Gasteiger partial charge in [-0.15, -0.1) is 5.92 Å². The summed E-state index contributed by atoms with van der Waals surface area (Å²) in [6.07, 6.45) is 5.85. The first-order valence-electron chi connectivity index (χ1n) is 3.78. The number of hydrogen-bond acceptors (Lipinski definition) is 1. The fourth-order valence-corrected chi connectivity index (χ4v) is 1.04. The second-order valence-electron chi connectivity index (χ2n) is 2.57. The lowest BCUT2D eigenvalue weighted by Crippen LogP contribution is -2.11. The number of hydrogen-bond donors (Lipinski definition) is 1. The van der Waals surface area contributed by atoms with Crippen molar-refractivity contribution in [1.82, 2.24) is 0 Å². The van der Waals surface area contributed by atoms with Crippen LogP contribution in [-0.2, 0) is 4.79 Å². The highest BCUT2D eigenvalue weighted by Crippen LogP contribution is 2.15. The van der Waals surface area contributed by atoms with E-state index in [2.05, 4.69) is 11.8 Å². The predicted molar refractivity (Wildman–Crippen MR) is 46.4 cm³/mol. The first-order chi connectivity index (χ1) is 5.74. The molecule has 1 unspecified atom stereocenters. The van der Waals surface area contributed by atoms with Crippen LogP contribution >= 0.6 is 0 Å². The molecule has 0 aliphatic heterocycles. The molecule has 0 heterocycles. The van der Waals surface area contributed by atoms with Gasteiger partial charge in [-0.3, -0.25) is 4.79 Å². The van der Waals surface area contributed by atoms with E-state index in [1.54, 1.807) is 19.1 Å². The zero-order valence-electron chi connectivity index (χ0n) is 6.87. The van der Waals surface area contributed by atoms with Gasteiger partial charge in [0.2, 0.25) is 0 Å². The minimum Gasteiger partial charge on any atom is -0.481 e. The van der Waals surface area contributed by atoms with Crippen molar-refractivity contribution in [2.75, 3.05) is 0 Å². The average Bonchev–Trinajstić information content (AvgIpc) is 2.06. The fraction of sp³-hybridized carbons (Fsp3) is 0.300. The monoisotopic (exact) mass is 162 g/mol. The summed E-state index contributed by atoms with van der Waals surface area (Å²) in [7, 11) is 0. The zero-order valence-corrected chi connectivity index (χ0v) is 6.87. The summed E-state index contributed by atoms with van der Waals surface area (Å²) in [6.45, 7) is 1.76. The van der Waals surface area contributed by atoms with Crippen LogP contribution in [0, 0.1) is 17.8 Å². The van der Waals surface area contributed by atoms with Gasteiger partial charge in [-0.1, -0.05) is 18.1 Å². The van der Waals surface area contributed by atoms with Crippen molar-refractivity contribution < 1.29 is 9.90 Å². The number of carboxylic acids is 1. The Morgan fingerprint density at radius 1 is 1.75 bits per heavy atom. The Morgan fingerprint density at radius 3 is 2.92 bits per heavy atom. The molecule has 0 aromatic carbocycles. The van der Waals surface area contributed by atoms with Crippen LogP contribution in [0.3, 0.4) is 0 Å². The minimum absolute atomic E-state index is 0.368. The predicted octanol–water partition coefficient (Wildman–Crippen LogP) is 1.60. The Kier molecular flexibility index (Phi) is 2.71. The largest absolute Gasteiger partial charge is 0.481 e. The number of carbonyl (C=O) groups is 1. The highest BCUT2D eigenvalue weighted by molar-refractivity contribution is 5.73. The maximum atomic E-state index is 10.5. The van der Waals surface area contributed by atoms with E-state index in [1.165, 1.54) is 0 Å². The van der Waals surface area contributed by atoms with Crippen LogP contribution < -0.4 is 0 Å². The molecule has 0 fully saturated rings.